The molecule has 0 amide bonds. The van der Waals surface area contributed by atoms with E-state index in [2.05, 4.69) is 34.3 Å². The summed E-state index contributed by atoms with van der Waals surface area (Å²) in [5, 5.41) is 8.77. The summed E-state index contributed by atoms with van der Waals surface area (Å²) in [4.78, 5) is 2.52. The molecular formula is C22H28N4O2. The maximum Gasteiger partial charge on any atom is 0.154 e. The van der Waals surface area contributed by atoms with E-state index in [1.54, 1.807) is 7.11 Å². The highest BCUT2D eigenvalue weighted by Crippen LogP contribution is 2.33. The van der Waals surface area contributed by atoms with Gasteiger partial charge in [-0.1, -0.05) is 18.0 Å². The lowest BCUT2D eigenvalue weighted by atomic mass is 10.1. The van der Waals surface area contributed by atoms with E-state index in [9.17, 15) is 0 Å². The number of nitrogens with zero attached hydrogens (tertiary/aromatic N) is 4. The van der Waals surface area contributed by atoms with Crippen molar-refractivity contribution in [2.45, 2.75) is 51.7 Å². The first-order chi connectivity index (χ1) is 13.8. The molecule has 1 aliphatic rings. The van der Waals surface area contributed by atoms with Gasteiger partial charge in [0.2, 0.25) is 0 Å². The molecule has 1 fully saturated rings. The maximum absolute atomic E-state index is 5.82. The smallest absolute Gasteiger partial charge is 0.154 e. The van der Waals surface area contributed by atoms with Gasteiger partial charge < -0.3 is 9.26 Å². The van der Waals surface area contributed by atoms with Crippen molar-refractivity contribution < 1.29 is 9.26 Å². The first-order valence-corrected chi connectivity index (χ1v) is 10.1. The highest BCUT2D eigenvalue weighted by atomic mass is 16.5. The molecule has 28 heavy (non-hydrogen) atoms. The number of benzene rings is 1. The van der Waals surface area contributed by atoms with Crippen LogP contribution in [0.25, 0.3) is 11.3 Å². The largest absolute Gasteiger partial charge is 0.497 e. The first-order valence-electron chi connectivity index (χ1n) is 10.1. The second-order valence-electron chi connectivity index (χ2n) is 7.38. The van der Waals surface area contributed by atoms with Gasteiger partial charge in [-0.15, -0.1) is 0 Å². The van der Waals surface area contributed by atoms with Crippen molar-refractivity contribution in [2.24, 2.45) is 0 Å². The predicted octanol–water partition coefficient (Wildman–Crippen LogP) is 4.68. The van der Waals surface area contributed by atoms with Crippen LogP contribution < -0.4 is 4.74 Å². The van der Waals surface area contributed by atoms with E-state index in [0.717, 1.165) is 48.8 Å². The van der Waals surface area contributed by atoms with Crippen molar-refractivity contribution in [3.05, 3.63) is 54.0 Å². The Bertz CT molecular complexity index is 884. The Morgan fingerprint density at radius 3 is 2.79 bits per heavy atom. The van der Waals surface area contributed by atoms with E-state index in [4.69, 9.17) is 9.26 Å². The van der Waals surface area contributed by atoms with Gasteiger partial charge in [0.25, 0.3) is 0 Å². The first kappa shape index (κ1) is 18.7. The predicted molar refractivity (Wildman–Crippen MR) is 108 cm³/mol. The van der Waals surface area contributed by atoms with Gasteiger partial charge in [0.05, 0.1) is 19.3 Å². The van der Waals surface area contributed by atoms with Crippen molar-refractivity contribution >= 4 is 0 Å². The molecule has 3 heterocycles. The summed E-state index contributed by atoms with van der Waals surface area (Å²) in [6.07, 6.45) is 8.92. The molecule has 0 bridgehead atoms. The van der Waals surface area contributed by atoms with E-state index >= 15 is 0 Å². The molecular weight excluding hydrogens is 352 g/mol. The Labute approximate surface area is 166 Å². The fourth-order valence-electron chi connectivity index (χ4n) is 3.92. The molecule has 0 radical (unpaired) electrons. The van der Waals surface area contributed by atoms with Crippen molar-refractivity contribution in [3.8, 4) is 17.0 Å². The van der Waals surface area contributed by atoms with Crippen LogP contribution in [-0.2, 0) is 13.1 Å². The minimum Gasteiger partial charge on any atom is -0.497 e. The highest BCUT2D eigenvalue weighted by molar-refractivity contribution is 5.60. The standard InChI is InChI=1S/C22H28N4O2/c1-3-26-16-17(14-23-26)15-25-12-6-4-5-7-21(25)22-13-20(24-28-22)18-8-10-19(27-2)11-9-18/h8-11,13-14,16,21H,3-7,12,15H2,1-2H3/t21-/m1/s1. The zero-order chi connectivity index (χ0) is 19.3. The molecule has 1 saturated heterocycles. The second kappa shape index (κ2) is 8.61. The van der Waals surface area contributed by atoms with Gasteiger partial charge in [-0.3, -0.25) is 9.58 Å². The third-order valence-corrected chi connectivity index (χ3v) is 5.50. The number of aromatic nitrogens is 3. The lowest BCUT2D eigenvalue weighted by Gasteiger charge is -2.27. The number of likely N-dealkylation sites (tertiary alicyclic amines) is 1. The normalized spacial score (nSPS) is 18.1. The molecule has 148 valence electrons. The van der Waals surface area contributed by atoms with Crippen LogP contribution in [0, 0.1) is 0 Å². The van der Waals surface area contributed by atoms with Crippen LogP contribution in [0.3, 0.4) is 0 Å². The highest BCUT2D eigenvalue weighted by Gasteiger charge is 2.26. The summed E-state index contributed by atoms with van der Waals surface area (Å²) in [5.74, 6) is 1.80. The minimum absolute atomic E-state index is 0.256. The molecule has 0 aliphatic carbocycles. The summed E-state index contributed by atoms with van der Waals surface area (Å²) in [6.45, 7) is 4.97. The molecule has 1 atom stereocenters. The molecule has 0 saturated carbocycles. The van der Waals surface area contributed by atoms with Crippen LogP contribution >= 0.6 is 0 Å². The van der Waals surface area contributed by atoms with Crippen molar-refractivity contribution in [2.75, 3.05) is 13.7 Å². The molecule has 0 spiro atoms. The molecule has 4 rings (SSSR count). The van der Waals surface area contributed by atoms with E-state index in [1.165, 1.54) is 24.8 Å². The van der Waals surface area contributed by atoms with Crippen LogP contribution in [0.5, 0.6) is 5.75 Å². The van der Waals surface area contributed by atoms with E-state index in [0.29, 0.717) is 0 Å². The molecule has 6 heteroatoms. The second-order valence-corrected chi connectivity index (χ2v) is 7.38. The fourth-order valence-corrected chi connectivity index (χ4v) is 3.92. The molecule has 0 unspecified atom stereocenters. The molecule has 6 nitrogen and oxygen atoms in total. The third-order valence-electron chi connectivity index (χ3n) is 5.50. The number of hydrogen-bond acceptors (Lipinski definition) is 5. The Kier molecular flexibility index (Phi) is 5.76. The van der Waals surface area contributed by atoms with Crippen LogP contribution in [0.15, 0.2) is 47.2 Å². The molecule has 0 N–H and O–H groups in total. The van der Waals surface area contributed by atoms with E-state index < -0.39 is 0 Å². The van der Waals surface area contributed by atoms with Gasteiger partial charge >= 0.3 is 0 Å². The number of methoxy groups -OCH3 is 1. The Balaban J connectivity index is 1.54. The third kappa shape index (κ3) is 4.12. The number of hydrogen-bond donors (Lipinski definition) is 0. The van der Waals surface area contributed by atoms with Crippen molar-refractivity contribution in [3.63, 3.8) is 0 Å². The number of aryl methyl sites for hydroxylation is 1. The Morgan fingerprint density at radius 1 is 1.18 bits per heavy atom. The van der Waals surface area contributed by atoms with Gasteiger partial charge in [0.1, 0.15) is 11.4 Å². The molecule has 2 aromatic heterocycles. The summed E-state index contributed by atoms with van der Waals surface area (Å²) >= 11 is 0. The summed E-state index contributed by atoms with van der Waals surface area (Å²) in [6, 6.07) is 10.3. The van der Waals surface area contributed by atoms with Crippen LogP contribution in [-0.4, -0.2) is 33.5 Å². The SMILES string of the molecule is CCn1cc(CN2CCCCC[C@@H]2c2cc(-c3ccc(OC)cc3)no2)cn1. The van der Waals surface area contributed by atoms with Crippen LogP contribution in [0.1, 0.15) is 50.0 Å². The van der Waals surface area contributed by atoms with E-state index in [-0.39, 0.29) is 6.04 Å². The minimum atomic E-state index is 0.256. The lowest BCUT2D eigenvalue weighted by molar-refractivity contribution is 0.160. The van der Waals surface area contributed by atoms with Crippen LogP contribution in [0.4, 0.5) is 0 Å². The molecule has 1 aliphatic heterocycles. The van der Waals surface area contributed by atoms with Crippen LogP contribution in [0.2, 0.25) is 0 Å². The topological polar surface area (TPSA) is 56.3 Å². The Hall–Kier alpha value is -2.60. The van der Waals surface area contributed by atoms with Gasteiger partial charge in [-0.25, -0.2) is 0 Å². The Morgan fingerprint density at radius 2 is 2.04 bits per heavy atom. The summed E-state index contributed by atoms with van der Waals surface area (Å²) in [7, 11) is 1.67. The van der Waals surface area contributed by atoms with Gasteiger partial charge in [-0.2, -0.15) is 5.10 Å². The average molecular weight is 380 g/mol. The monoisotopic (exact) mass is 380 g/mol. The fraction of sp³-hybridized carbons (Fsp3) is 0.455. The maximum atomic E-state index is 5.82. The number of rotatable bonds is 6. The van der Waals surface area contributed by atoms with Gasteiger partial charge in [0, 0.05) is 36.5 Å². The van der Waals surface area contributed by atoms with Gasteiger partial charge in [0.15, 0.2) is 5.76 Å². The van der Waals surface area contributed by atoms with E-state index in [1.807, 2.05) is 35.1 Å². The van der Waals surface area contributed by atoms with Gasteiger partial charge in [-0.05, 0) is 50.6 Å². The zero-order valence-corrected chi connectivity index (χ0v) is 16.7. The molecule has 3 aromatic rings. The average Bonchev–Trinajstić information content (AvgIpc) is 3.34. The zero-order valence-electron chi connectivity index (χ0n) is 16.7. The number of ether oxygens (including phenoxy) is 1. The molecule has 1 aromatic carbocycles. The lowest BCUT2D eigenvalue weighted by Crippen LogP contribution is -2.27. The van der Waals surface area contributed by atoms with Crippen molar-refractivity contribution in [1.29, 1.82) is 0 Å². The summed E-state index contributed by atoms with van der Waals surface area (Å²) < 4.78 is 13.0. The summed E-state index contributed by atoms with van der Waals surface area (Å²) in [5.41, 5.74) is 3.17. The quantitative estimate of drug-likeness (QED) is 0.621. The van der Waals surface area contributed by atoms with Crippen molar-refractivity contribution in [1.82, 2.24) is 19.8 Å².